The summed E-state index contributed by atoms with van der Waals surface area (Å²) < 4.78 is 73.4. The van der Waals surface area contributed by atoms with Crippen LogP contribution in [0.3, 0.4) is 0 Å². The first-order chi connectivity index (χ1) is 40.2. The molecule has 0 radical (unpaired) electrons. The highest BCUT2D eigenvalue weighted by atomic mass is 19.4. The lowest BCUT2D eigenvalue weighted by Crippen LogP contribution is -2.59. The number of alkyl halides is 3. The lowest BCUT2D eigenvalue weighted by Gasteiger charge is -2.41. The number of esters is 3. The molecule has 6 rings (SSSR count). The number of ether oxygens (including phenoxy) is 5. The molecule has 86 heavy (non-hydrogen) atoms. The SMILES string of the molecule is CC(C)C(C(O)C(F)(F)F)N(CC(C)(C)OC(=O)Cn1cc(Cc2ccc(OC(=O)C(C)(C)C)cc2)cc(NC(=O)OCc2ccccc2)c1=O)C(=O)Cn1cc(Cc2ccc(OC(=O)C(C)(C)C)cc2)cc(NC(=O)OCc2ccccc2)c1=O. The number of rotatable bonds is 22. The van der Waals surface area contributed by atoms with Gasteiger partial charge in [0.05, 0.1) is 23.4 Å². The smallest absolute Gasteiger partial charge is 0.416 e. The normalized spacial score (nSPS) is 12.5. The van der Waals surface area contributed by atoms with Crippen molar-refractivity contribution in [3.63, 3.8) is 0 Å². The van der Waals surface area contributed by atoms with Crippen molar-refractivity contribution in [2.24, 2.45) is 16.7 Å². The third kappa shape index (κ3) is 19.5. The summed E-state index contributed by atoms with van der Waals surface area (Å²) in [7, 11) is 0. The zero-order chi connectivity index (χ0) is 63.3. The Morgan fingerprint density at radius 3 is 1.33 bits per heavy atom. The molecule has 3 N–H and O–H groups in total. The van der Waals surface area contributed by atoms with Gasteiger partial charge in [0.2, 0.25) is 5.91 Å². The average molecular weight is 1190 g/mol. The molecule has 2 aromatic heterocycles. The van der Waals surface area contributed by atoms with Gasteiger partial charge in [0.1, 0.15) is 54.8 Å². The zero-order valence-corrected chi connectivity index (χ0v) is 49.6. The number of benzene rings is 4. The topological polar surface area (TPSA) is 240 Å². The van der Waals surface area contributed by atoms with Crippen LogP contribution in [0.5, 0.6) is 11.5 Å². The molecule has 0 saturated carbocycles. The van der Waals surface area contributed by atoms with E-state index < -0.39 is 107 Å². The number of hydrogen-bond donors (Lipinski definition) is 3. The third-order valence-corrected chi connectivity index (χ3v) is 13.1. The van der Waals surface area contributed by atoms with Crippen LogP contribution in [-0.2, 0) is 72.5 Å². The molecule has 2 atom stereocenters. The highest BCUT2D eigenvalue weighted by Crippen LogP contribution is 2.31. The molecule has 19 nitrogen and oxygen atoms in total. The van der Waals surface area contributed by atoms with Crippen molar-refractivity contribution in [3.8, 4) is 11.5 Å². The molecule has 458 valence electrons. The van der Waals surface area contributed by atoms with Crippen LogP contribution in [0.1, 0.15) is 103 Å². The summed E-state index contributed by atoms with van der Waals surface area (Å²) >= 11 is 0. The van der Waals surface area contributed by atoms with Crippen LogP contribution in [-0.4, -0.2) is 85.6 Å². The van der Waals surface area contributed by atoms with E-state index in [4.69, 9.17) is 23.7 Å². The summed E-state index contributed by atoms with van der Waals surface area (Å²) in [6.45, 7) is 12.6. The van der Waals surface area contributed by atoms with Crippen molar-refractivity contribution >= 4 is 47.4 Å². The van der Waals surface area contributed by atoms with Gasteiger partial charge in [-0.05, 0) is 144 Å². The maximum atomic E-state index is 14.8. The van der Waals surface area contributed by atoms with E-state index in [1.54, 1.807) is 151 Å². The number of hydrogen-bond acceptors (Lipinski definition) is 14. The fourth-order valence-electron chi connectivity index (χ4n) is 8.69. The van der Waals surface area contributed by atoms with Crippen molar-refractivity contribution in [3.05, 3.63) is 188 Å². The van der Waals surface area contributed by atoms with Gasteiger partial charge in [0, 0.05) is 12.4 Å². The number of carbonyl (C=O) groups is 6. The number of halogens is 3. The number of pyridine rings is 2. The number of aromatic nitrogens is 2. The lowest BCUT2D eigenvalue weighted by molar-refractivity contribution is -0.228. The molecule has 2 heterocycles. The summed E-state index contributed by atoms with van der Waals surface area (Å²) in [6.07, 6.45) is -7.69. The molecule has 0 aliphatic carbocycles. The van der Waals surface area contributed by atoms with Gasteiger partial charge in [-0.25, -0.2) is 9.59 Å². The maximum Gasteiger partial charge on any atom is 0.416 e. The Balaban J connectivity index is 1.30. The first-order valence-electron chi connectivity index (χ1n) is 27.6. The molecule has 0 bridgehead atoms. The molecule has 0 aliphatic heterocycles. The third-order valence-electron chi connectivity index (χ3n) is 13.1. The van der Waals surface area contributed by atoms with E-state index in [0.717, 1.165) is 9.13 Å². The first kappa shape index (κ1) is 66.1. The second-order valence-electron chi connectivity index (χ2n) is 23.7. The second kappa shape index (κ2) is 28.2. The van der Waals surface area contributed by atoms with Crippen LogP contribution in [0.2, 0.25) is 0 Å². The van der Waals surface area contributed by atoms with E-state index in [9.17, 15) is 56.6 Å². The predicted octanol–water partition coefficient (Wildman–Crippen LogP) is 10.4. The Morgan fingerprint density at radius 2 is 0.953 bits per heavy atom. The molecule has 22 heteroatoms. The number of nitrogens with zero attached hydrogens (tertiary/aromatic N) is 3. The molecule has 0 aliphatic rings. The monoisotopic (exact) mass is 1190 g/mol. The minimum Gasteiger partial charge on any atom is -0.456 e. The van der Waals surface area contributed by atoms with Crippen LogP contribution >= 0.6 is 0 Å². The van der Waals surface area contributed by atoms with E-state index >= 15 is 0 Å². The van der Waals surface area contributed by atoms with Gasteiger partial charge < -0.3 is 42.8 Å². The number of amides is 3. The zero-order valence-electron chi connectivity index (χ0n) is 49.6. The Morgan fingerprint density at radius 1 is 0.558 bits per heavy atom. The Kier molecular flexibility index (Phi) is 21.7. The van der Waals surface area contributed by atoms with Gasteiger partial charge in [-0.1, -0.05) is 98.8 Å². The van der Waals surface area contributed by atoms with E-state index in [2.05, 4.69) is 10.6 Å². The molecule has 3 amide bonds. The second-order valence-corrected chi connectivity index (χ2v) is 23.7. The summed E-state index contributed by atoms with van der Waals surface area (Å²) in [4.78, 5) is 109. The van der Waals surface area contributed by atoms with E-state index in [1.807, 2.05) is 0 Å². The molecule has 2 unspecified atom stereocenters. The molecule has 4 aromatic carbocycles. The number of carbonyl (C=O) groups excluding carboxylic acids is 6. The molecule has 6 aromatic rings. The summed E-state index contributed by atoms with van der Waals surface area (Å²) in [5.41, 5.74) is -2.66. The highest BCUT2D eigenvalue weighted by molar-refractivity contribution is 5.85. The van der Waals surface area contributed by atoms with Crippen molar-refractivity contribution in [2.45, 2.75) is 132 Å². The van der Waals surface area contributed by atoms with Crippen molar-refractivity contribution in [2.75, 3.05) is 17.2 Å². The largest absolute Gasteiger partial charge is 0.456 e. The Hall–Kier alpha value is -9.05. The molecular formula is C64H72F3N5O14. The fraction of sp³-hybridized carbons (Fsp3) is 0.375. The maximum absolute atomic E-state index is 14.8. The first-order valence-corrected chi connectivity index (χ1v) is 27.6. The summed E-state index contributed by atoms with van der Waals surface area (Å²) in [6, 6.07) is 31.0. The average Bonchev–Trinajstić information content (AvgIpc) is 2.39. The minimum atomic E-state index is -5.28. The van der Waals surface area contributed by atoms with Gasteiger partial charge in [-0.3, -0.25) is 39.4 Å². The standard InChI is InChI=1S/C64H72F3N5O14/c1-40(2)53(54(75)64(65,66)67)72(51(73)35-70-33-45(29-41-21-25-47(26-22-41)84-57(78)61(3,4)5)31-49(55(70)76)68-59(80)82-37-43-17-13-11-14-18-43)39-63(9,10)86-52(74)36-71-34-46(30-42-23-27-48(28-24-42)85-58(79)62(6,7)8)32-50(56(71)77)69-60(81)83-38-44-19-15-12-16-20-44/h11-28,31-34,40,53-54,75H,29-30,35-39H2,1-10H3,(H,68,80)(H,69,81). The van der Waals surface area contributed by atoms with E-state index in [0.29, 0.717) is 38.3 Å². The van der Waals surface area contributed by atoms with Gasteiger partial charge in [0.25, 0.3) is 11.1 Å². The lowest BCUT2D eigenvalue weighted by atomic mass is 9.94. The molecular weight excluding hydrogens is 1120 g/mol. The van der Waals surface area contributed by atoms with Crippen LogP contribution < -0.4 is 31.2 Å². The highest BCUT2D eigenvalue weighted by Gasteiger charge is 2.49. The predicted molar refractivity (Wildman–Crippen MR) is 313 cm³/mol. The minimum absolute atomic E-state index is 0.0508. The van der Waals surface area contributed by atoms with Crippen molar-refractivity contribution in [1.82, 2.24) is 14.0 Å². The fourth-order valence-corrected chi connectivity index (χ4v) is 8.69. The van der Waals surface area contributed by atoms with Crippen molar-refractivity contribution < 1.29 is 70.7 Å². The van der Waals surface area contributed by atoms with Gasteiger partial charge in [0.15, 0.2) is 6.10 Å². The summed E-state index contributed by atoms with van der Waals surface area (Å²) in [5, 5.41) is 15.8. The van der Waals surface area contributed by atoms with Crippen LogP contribution in [0, 0.1) is 16.7 Å². The number of nitrogens with one attached hydrogen (secondary N) is 2. The van der Waals surface area contributed by atoms with Crippen molar-refractivity contribution in [1.29, 1.82) is 0 Å². The van der Waals surface area contributed by atoms with E-state index in [1.165, 1.54) is 52.2 Å². The van der Waals surface area contributed by atoms with Gasteiger partial charge in [-0.15, -0.1) is 0 Å². The number of aliphatic hydroxyl groups excluding tert-OH is 1. The number of aliphatic hydroxyl groups is 1. The van der Waals surface area contributed by atoms with Crippen LogP contribution in [0.25, 0.3) is 0 Å². The molecule has 0 fully saturated rings. The van der Waals surface area contributed by atoms with Crippen LogP contribution in [0.15, 0.2) is 143 Å². The quantitative estimate of drug-likeness (QED) is 0.0326. The van der Waals surface area contributed by atoms with Gasteiger partial charge in [-0.2, -0.15) is 13.2 Å². The van der Waals surface area contributed by atoms with Gasteiger partial charge >= 0.3 is 36.3 Å². The Bertz CT molecular complexity index is 3480. The van der Waals surface area contributed by atoms with Crippen LogP contribution in [0.4, 0.5) is 34.1 Å². The Labute approximate surface area is 496 Å². The molecule has 0 saturated heterocycles. The summed E-state index contributed by atoms with van der Waals surface area (Å²) in [5.74, 6) is -3.77. The van der Waals surface area contributed by atoms with E-state index in [-0.39, 0.29) is 48.9 Å². The number of anilines is 2. The molecule has 0 spiro atoms.